The van der Waals surface area contributed by atoms with Crippen LogP contribution in [0.2, 0.25) is 0 Å². The van der Waals surface area contributed by atoms with Gasteiger partial charge in [-0.1, -0.05) is 51.1 Å². The van der Waals surface area contributed by atoms with Gasteiger partial charge in [-0.15, -0.1) is 12.3 Å². The molecule has 0 radical (unpaired) electrons. The highest BCUT2D eigenvalue weighted by Gasteiger charge is 2.19. The Kier molecular flexibility index (Phi) is 8.04. The van der Waals surface area contributed by atoms with Gasteiger partial charge in [-0.25, -0.2) is 9.97 Å². The van der Waals surface area contributed by atoms with E-state index in [1.165, 1.54) is 0 Å². The monoisotopic (exact) mass is 460 g/mol. The van der Waals surface area contributed by atoms with Gasteiger partial charge >= 0.3 is 5.97 Å². The van der Waals surface area contributed by atoms with E-state index in [2.05, 4.69) is 25.9 Å². The van der Waals surface area contributed by atoms with Crippen molar-refractivity contribution in [2.24, 2.45) is 0 Å². The molecule has 2 N–H and O–H groups in total. The molecular formula is C26H28N4O4. The minimum absolute atomic E-state index is 0.112. The van der Waals surface area contributed by atoms with Gasteiger partial charge < -0.3 is 19.4 Å². The molecule has 8 nitrogen and oxygen atoms in total. The molecule has 34 heavy (non-hydrogen) atoms. The minimum atomic E-state index is -0.427. The molecule has 0 aliphatic rings. The molecule has 2 aromatic heterocycles. The Morgan fingerprint density at radius 2 is 1.97 bits per heavy atom. The number of terminal acetylenes is 1. The first-order valence-corrected chi connectivity index (χ1v) is 10.9. The number of H-pyrrole nitrogens is 2. The lowest BCUT2D eigenvalue weighted by Gasteiger charge is -2.17. The maximum atomic E-state index is 12.8. The van der Waals surface area contributed by atoms with Crippen LogP contribution in [-0.4, -0.2) is 32.7 Å². The van der Waals surface area contributed by atoms with E-state index >= 15 is 0 Å². The summed E-state index contributed by atoms with van der Waals surface area (Å²) in [5.74, 6) is 2.17. The molecule has 8 heteroatoms. The van der Waals surface area contributed by atoms with Crippen molar-refractivity contribution in [3.05, 3.63) is 74.7 Å². The summed E-state index contributed by atoms with van der Waals surface area (Å²) in [5, 5.41) is 0.480. The fraction of sp³-hybridized carbons (Fsp3) is 0.308. The van der Waals surface area contributed by atoms with E-state index < -0.39 is 5.97 Å². The van der Waals surface area contributed by atoms with Gasteiger partial charge in [0.1, 0.15) is 10.7 Å². The van der Waals surface area contributed by atoms with Crippen LogP contribution in [0, 0.1) is 12.3 Å². The van der Waals surface area contributed by atoms with Crippen LogP contribution in [0.4, 0.5) is 0 Å². The van der Waals surface area contributed by atoms with Gasteiger partial charge in [-0.2, -0.15) is 0 Å². The number of imidazole rings is 1. The van der Waals surface area contributed by atoms with Crippen molar-refractivity contribution >= 4 is 18.1 Å². The third-order valence-corrected chi connectivity index (χ3v) is 4.85. The maximum absolute atomic E-state index is 12.8. The summed E-state index contributed by atoms with van der Waals surface area (Å²) in [4.78, 5) is 39.4. The molecule has 176 valence electrons. The number of benzene rings is 1. The van der Waals surface area contributed by atoms with Gasteiger partial charge in [0.25, 0.3) is 5.56 Å². The number of aromatic nitrogens is 4. The quantitative estimate of drug-likeness (QED) is 0.231. The molecule has 0 atom stereocenters. The standard InChI is InChI=1S/C26H28N4O4/c1-5-6-8-13-22(31)33-17-34-25-21(15-19-23(26(2,3)4)28-16-27-19)29-24(32)20(30-25)14-18-11-9-7-10-12-18/h1,7,9-12,14-16H,6,8,13,17H2,2-4H3,(H,27,28)(H,29,32)/b20-14-,21-15-. The number of carbonyl (C=O) groups excluding carboxylic acids is 1. The average molecular weight is 461 g/mol. The van der Waals surface area contributed by atoms with Gasteiger partial charge in [-0.05, 0) is 24.1 Å². The van der Waals surface area contributed by atoms with Crippen LogP contribution < -0.4 is 21.0 Å². The molecule has 2 heterocycles. The molecule has 3 aromatic rings. The smallest absolute Gasteiger partial charge is 0.308 e. The van der Waals surface area contributed by atoms with Crippen molar-refractivity contribution in [2.45, 2.75) is 45.4 Å². The predicted octanol–water partition coefficient (Wildman–Crippen LogP) is 2.13. The Bertz CT molecular complexity index is 1340. The fourth-order valence-electron chi connectivity index (χ4n) is 3.18. The molecule has 0 fully saturated rings. The summed E-state index contributed by atoms with van der Waals surface area (Å²) in [6.07, 6.45) is 11.4. The van der Waals surface area contributed by atoms with Crippen molar-refractivity contribution in [2.75, 3.05) is 6.79 Å². The topological polar surface area (TPSA) is 110 Å². The molecule has 0 unspecified atom stereocenters. The highest BCUT2D eigenvalue weighted by atomic mass is 16.7. The molecule has 0 amide bonds. The molecule has 0 bridgehead atoms. The van der Waals surface area contributed by atoms with Gasteiger partial charge in [-0.3, -0.25) is 9.59 Å². The van der Waals surface area contributed by atoms with Crippen LogP contribution >= 0.6 is 0 Å². The SMILES string of the molecule is C#CCCCC(=O)OCOc1n/c(=C\c2ccccc2)c(=O)[nH]/c1=C\c1nc[nH]c1C(C)(C)C. The van der Waals surface area contributed by atoms with Gasteiger partial charge in [0, 0.05) is 24.0 Å². The summed E-state index contributed by atoms with van der Waals surface area (Å²) >= 11 is 0. The van der Waals surface area contributed by atoms with E-state index in [-0.39, 0.29) is 35.4 Å². The second-order valence-corrected chi connectivity index (χ2v) is 8.62. The molecular weight excluding hydrogens is 432 g/mol. The molecule has 0 spiro atoms. The first-order valence-electron chi connectivity index (χ1n) is 10.9. The largest absolute Gasteiger partial charge is 0.438 e. The number of carbonyl (C=O) groups is 1. The zero-order chi connectivity index (χ0) is 24.6. The number of nitrogens with one attached hydrogen (secondary N) is 2. The Balaban J connectivity index is 1.98. The number of aromatic amines is 2. The van der Waals surface area contributed by atoms with E-state index in [1.807, 2.05) is 51.1 Å². The van der Waals surface area contributed by atoms with Gasteiger partial charge in [0.05, 0.1) is 12.0 Å². The Morgan fingerprint density at radius 1 is 1.21 bits per heavy atom. The zero-order valence-corrected chi connectivity index (χ0v) is 19.6. The van der Waals surface area contributed by atoms with Crippen LogP contribution in [0.1, 0.15) is 57.0 Å². The second kappa shape index (κ2) is 11.1. The van der Waals surface area contributed by atoms with Crippen molar-refractivity contribution in [1.29, 1.82) is 0 Å². The van der Waals surface area contributed by atoms with Crippen LogP contribution in [0.25, 0.3) is 12.2 Å². The Labute approximate surface area is 197 Å². The lowest BCUT2D eigenvalue weighted by molar-refractivity contribution is -0.150. The fourth-order valence-corrected chi connectivity index (χ4v) is 3.18. The highest BCUT2D eigenvalue weighted by molar-refractivity contribution is 5.69. The lowest BCUT2D eigenvalue weighted by atomic mass is 9.90. The van der Waals surface area contributed by atoms with Crippen LogP contribution in [0.5, 0.6) is 5.88 Å². The predicted molar refractivity (Wildman–Crippen MR) is 129 cm³/mol. The number of esters is 1. The van der Waals surface area contributed by atoms with Crippen LogP contribution in [0.3, 0.4) is 0 Å². The van der Waals surface area contributed by atoms with Gasteiger partial charge in [0.2, 0.25) is 12.7 Å². The van der Waals surface area contributed by atoms with Crippen molar-refractivity contribution in [3.8, 4) is 18.2 Å². The Morgan fingerprint density at radius 3 is 2.68 bits per heavy atom. The van der Waals surface area contributed by atoms with E-state index in [0.29, 0.717) is 23.9 Å². The summed E-state index contributed by atoms with van der Waals surface area (Å²) in [6.45, 7) is 5.79. The summed E-state index contributed by atoms with van der Waals surface area (Å²) < 4.78 is 10.8. The first kappa shape index (κ1) is 24.5. The van der Waals surface area contributed by atoms with Gasteiger partial charge in [0.15, 0.2) is 0 Å². The normalized spacial score (nSPS) is 12.4. The highest BCUT2D eigenvalue weighted by Crippen LogP contribution is 2.23. The molecule has 0 saturated heterocycles. The lowest BCUT2D eigenvalue weighted by Crippen LogP contribution is -2.38. The van der Waals surface area contributed by atoms with Crippen molar-refractivity contribution in [1.82, 2.24) is 19.9 Å². The first-order chi connectivity index (χ1) is 16.3. The van der Waals surface area contributed by atoms with Crippen molar-refractivity contribution < 1.29 is 14.3 Å². The number of ether oxygens (including phenoxy) is 2. The van der Waals surface area contributed by atoms with E-state index in [1.54, 1.807) is 18.5 Å². The number of hydrogen-bond donors (Lipinski definition) is 2. The zero-order valence-electron chi connectivity index (χ0n) is 19.6. The molecule has 0 saturated carbocycles. The summed E-state index contributed by atoms with van der Waals surface area (Å²) in [5.41, 5.74) is 1.75. The summed E-state index contributed by atoms with van der Waals surface area (Å²) in [7, 11) is 0. The minimum Gasteiger partial charge on any atom is -0.438 e. The third-order valence-electron chi connectivity index (χ3n) is 4.85. The maximum Gasteiger partial charge on any atom is 0.308 e. The number of nitrogens with zero attached hydrogens (tertiary/aromatic N) is 2. The number of unbranched alkanes of at least 4 members (excludes halogenated alkanes) is 1. The molecule has 1 aromatic carbocycles. The van der Waals surface area contributed by atoms with E-state index in [4.69, 9.17) is 15.9 Å². The average Bonchev–Trinajstić information content (AvgIpc) is 3.26. The second-order valence-electron chi connectivity index (χ2n) is 8.62. The molecule has 3 rings (SSSR count). The van der Waals surface area contributed by atoms with Crippen molar-refractivity contribution in [3.63, 3.8) is 0 Å². The summed E-state index contributed by atoms with van der Waals surface area (Å²) in [6, 6.07) is 9.34. The number of rotatable bonds is 8. The number of hydrogen-bond acceptors (Lipinski definition) is 6. The third kappa shape index (κ3) is 6.69. The van der Waals surface area contributed by atoms with Crippen LogP contribution in [0.15, 0.2) is 41.5 Å². The molecule has 0 aliphatic heterocycles. The van der Waals surface area contributed by atoms with E-state index in [9.17, 15) is 9.59 Å². The Hall–Kier alpha value is -4.12. The molecule has 0 aliphatic carbocycles. The van der Waals surface area contributed by atoms with E-state index in [0.717, 1.165) is 11.3 Å². The van der Waals surface area contributed by atoms with Crippen LogP contribution in [-0.2, 0) is 14.9 Å².